The van der Waals surface area contributed by atoms with Crippen LogP contribution < -0.4 is 0 Å². The highest BCUT2D eigenvalue weighted by Crippen LogP contribution is 2.37. The molecule has 3 heteroatoms. The van der Waals surface area contributed by atoms with Gasteiger partial charge in [-0.3, -0.25) is 0 Å². The van der Waals surface area contributed by atoms with Crippen molar-refractivity contribution in [2.24, 2.45) is 11.8 Å². The lowest BCUT2D eigenvalue weighted by Crippen LogP contribution is -2.28. The van der Waals surface area contributed by atoms with Crippen LogP contribution in [0.3, 0.4) is 0 Å². The number of nitrogens with zero attached hydrogens (tertiary/aromatic N) is 1. The van der Waals surface area contributed by atoms with E-state index in [9.17, 15) is 5.11 Å². The van der Waals surface area contributed by atoms with Gasteiger partial charge in [-0.1, -0.05) is 0 Å². The Morgan fingerprint density at radius 3 is 2.80 bits per heavy atom. The molecule has 1 N–H and O–H groups in total. The highest BCUT2D eigenvalue weighted by molar-refractivity contribution is 4.93. The van der Waals surface area contributed by atoms with Gasteiger partial charge in [0.2, 0.25) is 0 Å². The van der Waals surface area contributed by atoms with Gasteiger partial charge in [0.25, 0.3) is 0 Å². The van der Waals surface area contributed by atoms with Gasteiger partial charge in [0.1, 0.15) is 0 Å². The Labute approximate surface area is 92.4 Å². The van der Waals surface area contributed by atoms with Gasteiger partial charge in [-0.05, 0) is 32.6 Å². The molecule has 1 aliphatic heterocycles. The molecular weight excluding hydrogens is 190 g/mol. The van der Waals surface area contributed by atoms with Gasteiger partial charge in [-0.15, -0.1) is 0 Å². The first-order chi connectivity index (χ1) is 7.16. The topological polar surface area (TPSA) is 32.7 Å². The molecule has 3 atom stereocenters. The number of fused-ring (bicyclic) bond motifs is 1. The molecular formula is C12H23NO2. The van der Waals surface area contributed by atoms with Crippen molar-refractivity contribution in [2.75, 3.05) is 26.2 Å². The quantitative estimate of drug-likeness (QED) is 0.759. The Morgan fingerprint density at radius 1 is 1.33 bits per heavy atom. The highest BCUT2D eigenvalue weighted by Gasteiger charge is 2.41. The van der Waals surface area contributed by atoms with Crippen molar-refractivity contribution in [3.8, 4) is 0 Å². The third-order valence-corrected chi connectivity index (χ3v) is 3.75. The average molecular weight is 213 g/mol. The van der Waals surface area contributed by atoms with Gasteiger partial charge in [0.15, 0.2) is 0 Å². The lowest BCUT2D eigenvalue weighted by Gasteiger charge is -2.18. The molecule has 0 radical (unpaired) electrons. The summed E-state index contributed by atoms with van der Waals surface area (Å²) in [6, 6.07) is 0. The minimum atomic E-state index is -0.0361. The fraction of sp³-hybridized carbons (Fsp3) is 1.00. The van der Waals surface area contributed by atoms with Crippen LogP contribution in [-0.4, -0.2) is 48.5 Å². The molecule has 1 saturated carbocycles. The molecule has 2 rings (SSSR count). The van der Waals surface area contributed by atoms with E-state index in [4.69, 9.17) is 4.74 Å². The zero-order valence-electron chi connectivity index (χ0n) is 9.85. The van der Waals surface area contributed by atoms with Crippen molar-refractivity contribution < 1.29 is 9.84 Å². The van der Waals surface area contributed by atoms with Crippen LogP contribution in [0.4, 0.5) is 0 Å². The molecule has 15 heavy (non-hydrogen) atoms. The molecule has 0 spiro atoms. The predicted octanol–water partition coefficient (Wildman–Crippen LogP) is 1.11. The first kappa shape index (κ1) is 11.4. The number of rotatable bonds is 4. The van der Waals surface area contributed by atoms with Crippen molar-refractivity contribution in [1.29, 1.82) is 0 Å². The number of ether oxygens (including phenoxy) is 1. The Kier molecular flexibility index (Phi) is 3.65. The minimum absolute atomic E-state index is 0.0361. The lowest BCUT2D eigenvalue weighted by molar-refractivity contribution is 0.0591. The summed E-state index contributed by atoms with van der Waals surface area (Å²) >= 11 is 0. The SMILES string of the molecule is CC(C)OCCN1CC2CCC(O)C2C1. The van der Waals surface area contributed by atoms with Crippen molar-refractivity contribution in [2.45, 2.75) is 38.9 Å². The second-order valence-corrected chi connectivity index (χ2v) is 5.25. The van der Waals surface area contributed by atoms with E-state index in [1.165, 1.54) is 13.0 Å². The number of hydrogen-bond acceptors (Lipinski definition) is 3. The second kappa shape index (κ2) is 4.81. The van der Waals surface area contributed by atoms with Gasteiger partial charge >= 0.3 is 0 Å². The summed E-state index contributed by atoms with van der Waals surface area (Å²) in [4.78, 5) is 2.44. The van der Waals surface area contributed by atoms with E-state index in [-0.39, 0.29) is 6.10 Å². The molecule has 2 aliphatic rings. The van der Waals surface area contributed by atoms with Gasteiger partial charge < -0.3 is 14.7 Å². The maximum absolute atomic E-state index is 9.77. The van der Waals surface area contributed by atoms with Gasteiger partial charge in [0.05, 0.1) is 18.8 Å². The van der Waals surface area contributed by atoms with Crippen molar-refractivity contribution in [3.05, 3.63) is 0 Å². The van der Waals surface area contributed by atoms with Crippen LogP contribution in [0.15, 0.2) is 0 Å². The molecule has 0 aromatic carbocycles. The highest BCUT2D eigenvalue weighted by atomic mass is 16.5. The van der Waals surface area contributed by atoms with Crippen LogP contribution in [0.25, 0.3) is 0 Å². The molecule has 0 aromatic heterocycles. The van der Waals surface area contributed by atoms with Crippen molar-refractivity contribution in [3.63, 3.8) is 0 Å². The summed E-state index contributed by atoms with van der Waals surface area (Å²) in [5.74, 6) is 1.29. The number of aliphatic hydroxyl groups is 1. The van der Waals surface area contributed by atoms with E-state index in [0.717, 1.165) is 32.0 Å². The third-order valence-electron chi connectivity index (χ3n) is 3.75. The maximum Gasteiger partial charge on any atom is 0.0596 e. The zero-order valence-corrected chi connectivity index (χ0v) is 9.85. The largest absolute Gasteiger partial charge is 0.393 e. The van der Waals surface area contributed by atoms with Crippen LogP contribution in [0.2, 0.25) is 0 Å². The van der Waals surface area contributed by atoms with Crippen LogP contribution >= 0.6 is 0 Å². The molecule has 3 unspecified atom stereocenters. The van der Waals surface area contributed by atoms with E-state index in [1.54, 1.807) is 0 Å². The number of likely N-dealkylation sites (tertiary alicyclic amines) is 1. The molecule has 1 heterocycles. The van der Waals surface area contributed by atoms with Gasteiger partial charge in [-0.25, -0.2) is 0 Å². The van der Waals surface area contributed by atoms with Crippen LogP contribution in [0.1, 0.15) is 26.7 Å². The Morgan fingerprint density at radius 2 is 2.13 bits per heavy atom. The standard InChI is InChI=1S/C12H23NO2/c1-9(2)15-6-5-13-7-10-3-4-12(14)11(10)8-13/h9-12,14H,3-8H2,1-2H3. The summed E-state index contributed by atoms with van der Waals surface area (Å²) < 4.78 is 5.55. The van der Waals surface area contributed by atoms with E-state index >= 15 is 0 Å². The average Bonchev–Trinajstić information content (AvgIpc) is 2.69. The first-order valence-corrected chi connectivity index (χ1v) is 6.19. The zero-order chi connectivity index (χ0) is 10.8. The maximum atomic E-state index is 9.77. The normalized spacial score (nSPS) is 36.4. The predicted molar refractivity (Wildman–Crippen MR) is 59.7 cm³/mol. The van der Waals surface area contributed by atoms with Gasteiger partial charge in [-0.2, -0.15) is 0 Å². The first-order valence-electron chi connectivity index (χ1n) is 6.19. The van der Waals surface area contributed by atoms with E-state index in [1.807, 2.05) is 0 Å². The van der Waals surface area contributed by atoms with E-state index < -0.39 is 0 Å². The van der Waals surface area contributed by atoms with Gasteiger partial charge in [0, 0.05) is 25.6 Å². The number of aliphatic hydroxyl groups excluding tert-OH is 1. The molecule has 0 aromatic rings. The van der Waals surface area contributed by atoms with Crippen LogP contribution in [-0.2, 0) is 4.74 Å². The van der Waals surface area contributed by atoms with Crippen molar-refractivity contribution in [1.82, 2.24) is 4.90 Å². The summed E-state index contributed by atoms with van der Waals surface area (Å²) in [6.45, 7) is 8.24. The molecule has 1 aliphatic carbocycles. The summed E-state index contributed by atoms with van der Waals surface area (Å²) in [7, 11) is 0. The van der Waals surface area contributed by atoms with Crippen LogP contribution in [0, 0.1) is 11.8 Å². The number of hydrogen-bond donors (Lipinski definition) is 1. The molecule has 0 amide bonds. The van der Waals surface area contributed by atoms with E-state index in [0.29, 0.717) is 12.0 Å². The fourth-order valence-electron chi connectivity index (χ4n) is 2.93. The molecule has 0 bridgehead atoms. The third kappa shape index (κ3) is 2.71. The Balaban J connectivity index is 1.69. The summed E-state index contributed by atoms with van der Waals surface area (Å²) in [6.07, 6.45) is 2.53. The van der Waals surface area contributed by atoms with Crippen LogP contribution in [0.5, 0.6) is 0 Å². The molecule has 1 saturated heterocycles. The second-order valence-electron chi connectivity index (χ2n) is 5.25. The summed E-state index contributed by atoms with van der Waals surface area (Å²) in [5, 5.41) is 9.77. The van der Waals surface area contributed by atoms with E-state index in [2.05, 4.69) is 18.7 Å². The van der Waals surface area contributed by atoms with Crippen molar-refractivity contribution >= 4 is 0 Å². The fourth-order valence-corrected chi connectivity index (χ4v) is 2.93. The monoisotopic (exact) mass is 213 g/mol. The molecule has 88 valence electrons. The Hall–Kier alpha value is -0.120. The summed E-state index contributed by atoms with van der Waals surface area (Å²) in [5.41, 5.74) is 0. The molecule has 2 fully saturated rings. The smallest absolute Gasteiger partial charge is 0.0596 e. The minimum Gasteiger partial charge on any atom is -0.393 e. The molecule has 3 nitrogen and oxygen atoms in total. The Bertz CT molecular complexity index is 208. The lowest BCUT2D eigenvalue weighted by atomic mass is 10.00.